The molecule has 5 unspecified atom stereocenters. The van der Waals surface area contributed by atoms with Crippen molar-refractivity contribution >= 4 is 23.7 Å². The first kappa shape index (κ1) is 28.2. The molecule has 1 heterocycles. The number of imidazole rings is 1. The highest BCUT2D eigenvalue weighted by molar-refractivity contribution is 5.94. The van der Waals surface area contributed by atoms with Crippen LogP contribution in [0.15, 0.2) is 36.8 Å². The van der Waals surface area contributed by atoms with Gasteiger partial charge in [-0.05, 0) is 24.6 Å². The lowest BCUT2D eigenvalue weighted by Gasteiger charge is -2.25. The molecule has 0 saturated carbocycles. The third-order valence-corrected chi connectivity index (χ3v) is 5.24. The number of aromatic nitrogens is 2. The number of aliphatic hydroxyl groups excluding tert-OH is 2. The molecule has 3 amide bonds. The molecule has 0 fully saturated rings. The van der Waals surface area contributed by atoms with E-state index in [0.29, 0.717) is 11.3 Å². The second-order valence-corrected chi connectivity index (χ2v) is 8.12. The Hall–Kier alpha value is -4.01. The van der Waals surface area contributed by atoms with Crippen LogP contribution in [0.5, 0.6) is 5.75 Å². The number of aliphatic hydroxyl groups is 2. The van der Waals surface area contributed by atoms with Gasteiger partial charge in [-0.1, -0.05) is 12.1 Å². The average molecular weight is 507 g/mol. The summed E-state index contributed by atoms with van der Waals surface area (Å²) >= 11 is 0. The first-order valence-corrected chi connectivity index (χ1v) is 10.9. The fourth-order valence-electron chi connectivity index (χ4n) is 3.12. The van der Waals surface area contributed by atoms with Gasteiger partial charge in [0.05, 0.1) is 19.0 Å². The predicted octanol–water partition coefficient (Wildman–Crippen LogP) is -2.86. The van der Waals surface area contributed by atoms with E-state index in [9.17, 15) is 39.6 Å². The molecule has 0 radical (unpaired) electrons. The third-order valence-electron chi connectivity index (χ3n) is 5.24. The average Bonchev–Trinajstić information content (AvgIpc) is 3.35. The molecule has 0 aliphatic carbocycles. The number of aromatic amines is 1. The summed E-state index contributed by atoms with van der Waals surface area (Å²) < 4.78 is 0. The van der Waals surface area contributed by atoms with E-state index in [1.165, 1.54) is 43.7 Å². The van der Waals surface area contributed by atoms with Crippen molar-refractivity contribution in [2.45, 2.75) is 50.0 Å². The number of H-pyrrole nitrogens is 1. The van der Waals surface area contributed by atoms with Crippen LogP contribution in [-0.2, 0) is 32.0 Å². The molecule has 0 aliphatic rings. The molecule has 1 aromatic heterocycles. The smallest absolute Gasteiger partial charge is 0.326 e. The number of nitrogens with two attached hydrogens (primary N) is 1. The second-order valence-electron chi connectivity index (χ2n) is 8.12. The Morgan fingerprint density at radius 1 is 0.972 bits per heavy atom. The highest BCUT2D eigenvalue weighted by Gasteiger charge is 2.31. The maximum atomic E-state index is 13.0. The van der Waals surface area contributed by atoms with Crippen LogP contribution in [0.3, 0.4) is 0 Å². The molecule has 196 valence electrons. The minimum Gasteiger partial charge on any atom is -0.508 e. The van der Waals surface area contributed by atoms with Crippen LogP contribution in [-0.4, -0.2) is 91.0 Å². The van der Waals surface area contributed by atoms with Crippen molar-refractivity contribution in [3.8, 4) is 5.75 Å². The molecule has 5 atom stereocenters. The van der Waals surface area contributed by atoms with E-state index in [2.05, 4.69) is 25.9 Å². The number of aromatic hydroxyl groups is 1. The monoisotopic (exact) mass is 506 g/mol. The Balaban J connectivity index is 2.14. The SMILES string of the molecule is CC(O)C(N)C(=O)NC(Cc1ccc(O)cc1)C(=O)NC(CO)C(=O)NC(Cc1cnc[nH]1)C(=O)O. The summed E-state index contributed by atoms with van der Waals surface area (Å²) in [5, 5.41) is 45.1. The van der Waals surface area contributed by atoms with Gasteiger partial charge in [-0.15, -0.1) is 0 Å². The summed E-state index contributed by atoms with van der Waals surface area (Å²) in [4.78, 5) is 56.1. The van der Waals surface area contributed by atoms with E-state index in [-0.39, 0.29) is 18.6 Å². The van der Waals surface area contributed by atoms with E-state index in [0.717, 1.165) is 0 Å². The van der Waals surface area contributed by atoms with Crippen molar-refractivity contribution < 1.29 is 39.6 Å². The molecule has 0 bridgehead atoms. The van der Waals surface area contributed by atoms with Crippen LogP contribution in [0.1, 0.15) is 18.2 Å². The van der Waals surface area contributed by atoms with Crippen LogP contribution in [0.2, 0.25) is 0 Å². The van der Waals surface area contributed by atoms with Gasteiger partial charge in [0.2, 0.25) is 17.7 Å². The predicted molar refractivity (Wildman–Crippen MR) is 124 cm³/mol. The van der Waals surface area contributed by atoms with E-state index in [1.54, 1.807) is 0 Å². The molecule has 0 spiro atoms. The van der Waals surface area contributed by atoms with Crippen LogP contribution in [0.25, 0.3) is 0 Å². The zero-order valence-corrected chi connectivity index (χ0v) is 19.4. The number of carboxylic acids is 1. The molecule has 2 aromatic rings. The van der Waals surface area contributed by atoms with E-state index in [1.807, 2.05) is 0 Å². The quantitative estimate of drug-likeness (QED) is 0.135. The standard InChI is InChI=1S/C22H30N6O8/c1-11(30)18(23)21(34)26-15(6-12-2-4-14(31)5-3-12)19(32)28-17(9-29)20(33)27-16(22(35)36)7-13-8-24-10-25-13/h2-5,8,10-11,15-18,29-31H,6-7,9,23H2,1H3,(H,24,25)(H,26,34)(H,27,33)(H,28,32)(H,35,36). The summed E-state index contributed by atoms with van der Waals surface area (Å²) in [6.45, 7) is 0.439. The number of nitrogens with one attached hydrogen (secondary N) is 4. The molecular formula is C22H30N6O8. The number of phenolic OH excluding ortho intramolecular Hbond substituents is 1. The maximum absolute atomic E-state index is 13.0. The number of rotatable bonds is 13. The van der Waals surface area contributed by atoms with Gasteiger partial charge in [-0.3, -0.25) is 14.4 Å². The van der Waals surface area contributed by atoms with Crippen molar-refractivity contribution in [1.29, 1.82) is 0 Å². The number of benzene rings is 1. The van der Waals surface area contributed by atoms with Gasteiger partial charge in [0, 0.05) is 24.7 Å². The lowest BCUT2D eigenvalue weighted by Crippen LogP contribution is -2.59. The number of amides is 3. The van der Waals surface area contributed by atoms with Crippen molar-refractivity contribution in [3.05, 3.63) is 48.0 Å². The molecule has 14 nitrogen and oxygen atoms in total. The topological polar surface area (TPSA) is 240 Å². The Morgan fingerprint density at radius 2 is 1.56 bits per heavy atom. The van der Waals surface area contributed by atoms with Crippen molar-refractivity contribution in [3.63, 3.8) is 0 Å². The molecular weight excluding hydrogens is 476 g/mol. The van der Waals surface area contributed by atoms with Crippen molar-refractivity contribution in [1.82, 2.24) is 25.9 Å². The fraction of sp³-hybridized carbons (Fsp3) is 0.409. The molecule has 2 rings (SSSR count). The van der Waals surface area contributed by atoms with Gasteiger partial charge in [0.25, 0.3) is 0 Å². The number of aliphatic carboxylic acids is 1. The van der Waals surface area contributed by atoms with Crippen molar-refractivity contribution in [2.75, 3.05) is 6.61 Å². The van der Waals surface area contributed by atoms with Gasteiger partial charge in [-0.2, -0.15) is 0 Å². The largest absolute Gasteiger partial charge is 0.508 e. The number of nitrogens with zero attached hydrogens (tertiary/aromatic N) is 1. The summed E-state index contributed by atoms with van der Waals surface area (Å²) in [6, 6.07) is 0.252. The van der Waals surface area contributed by atoms with E-state index >= 15 is 0 Å². The Bertz CT molecular complexity index is 1030. The Labute approximate surface area is 205 Å². The van der Waals surface area contributed by atoms with Gasteiger partial charge in [-0.25, -0.2) is 9.78 Å². The van der Waals surface area contributed by atoms with Gasteiger partial charge >= 0.3 is 5.97 Å². The summed E-state index contributed by atoms with van der Waals surface area (Å²) in [7, 11) is 0. The van der Waals surface area contributed by atoms with Crippen molar-refractivity contribution in [2.24, 2.45) is 5.73 Å². The minimum absolute atomic E-state index is 0.0138. The van der Waals surface area contributed by atoms with Gasteiger partial charge < -0.3 is 47.1 Å². The Morgan fingerprint density at radius 3 is 2.08 bits per heavy atom. The highest BCUT2D eigenvalue weighted by Crippen LogP contribution is 2.12. The number of phenols is 1. The number of hydrogen-bond acceptors (Lipinski definition) is 9. The summed E-state index contributed by atoms with van der Waals surface area (Å²) in [5.74, 6) is -4.03. The van der Waals surface area contributed by atoms with Crippen LogP contribution in [0, 0.1) is 0 Å². The highest BCUT2D eigenvalue weighted by atomic mass is 16.4. The summed E-state index contributed by atoms with van der Waals surface area (Å²) in [5.41, 5.74) is 6.62. The first-order valence-electron chi connectivity index (χ1n) is 10.9. The number of carbonyl (C=O) groups excluding carboxylic acids is 3. The molecule has 1 aromatic carbocycles. The minimum atomic E-state index is -1.54. The van der Waals surface area contributed by atoms with Crippen LogP contribution >= 0.6 is 0 Å². The zero-order valence-electron chi connectivity index (χ0n) is 19.4. The van der Waals surface area contributed by atoms with Gasteiger partial charge in [0.15, 0.2) is 0 Å². The molecule has 0 saturated heterocycles. The van der Waals surface area contributed by atoms with Crippen LogP contribution in [0.4, 0.5) is 0 Å². The number of carboxylic acid groups (broad SMARTS) is 1. The molecule has 0 aliphatic heterocycles. The molecule has 14 heteroatoms. The Kier molecular flexibility index (Phi) is 10.3. The van der Waals surface area contributed by atoms with Crippen LogP contribution < -0.4 is 21.7 Å². The van der Waals surface area contributed by atoms with Gasteiger partial charge in [0.1, 0.15) is 29.9 Å². The first-order chi connectivity index (χ1) is 17.0. The fourth-order valence-corrected chi connectivity index (χ4v) is 3.12. The summed E-state index contributed by atoms with van der Waals surface area (Å²) in [6.07, 6.45) is 1.33. The molecule has 10 N–H and O–H groups in total. The molecule has 36 heavy (non-hydrogen) atoms. The lowest BCUT2D eigenvalue weighted by molar-refractivity contribution is -0.142. The number of carbonyl (C=O) groups is 4. The lowest BCUT2D eigenvalue weighted by atomic mass is 10.0. The normalized spacial score (nSPS) is 15.1. The second kappa shape index (κ2) is 13.2. The number of hydrogen-bond donors (Lipinski definition) is 9. The zero-order chi connectivity index (χ0) is 26.8. The van der Waals surface area contributed by atoms with E-state index < -0.39 is 60.6 Å². The van der Waals surface area contributed by atoms with E-state index in [4.69, 9.17) is 5.73 Å². The maximum Gasteiger partial charge on any atom is 0.326 e. The third kappa shape index (κ3) is 8.33.